The molecule has 1 heterocycles. The van der Waals surface area contributed by atoms with Gasteiger partial charge in [0.2, 0.25) is 0 Å². The van der Waals surface area contributed by atoms with Gasteiger partial charge in [0, 0.05) is 25.0 Å². The van der Waals surface area contributed by atoms with E-state index in [1.54, 1.807) is 0 Å². The third-order valence-corrected chi connectivity index (χ3v) is 4.88. The minimum absolute atomic E-state index is 0.110. The first-order valence-corrected chi connectivity index (χ1v) is 8.06. The van der Waals surface area contributed by atoms with E-state index in [1.165, 1.54) is 44.9 Å². The van der Waals surface area contributed by atoms with Crippen molar-refractivity contribution < 1.29 is 9.53 Å². The summed E-state index contributed by atoms with van der Waals surface area (Å²) in [7, 11) is 2.02. The average molecular weight is 267 g/mol. The van der Waals surface area contributed by atoms with Crippen LogP contribution in [0, 0.1) is 0 Å². The van der Waals surface area contributed by atoms with Gasteiger partial charge in [0.1, 0.15) is 5.78 Å². The third kappa shape index (κ3) is 4.57. The third-order valence-electron chi connectivity index (χ3n) is 4.88. The van der Waals surface area contributed by atoms with Crippen LogP contribution in [0.15, 0.2) is 0 Å². The van der Waals surface area contributed by atoms with Crippen LogP contribution in [-0.2, 0) is 9.53 Å². The van der Waals surface area contributed by atoms with Crippen molar-refractivity contribution in [2.75, 3.05) is 13.7 Å². The zero-order chi connectivity index (χ0) is 13.6. The van der Waals surface area contributed by atoms with E-state index in [-0.39, 0.29) is 5.54 Å². The molecule has 0 spiro atoms. The fourth-order valence-corrected chi connectivity index (χ4v) is 3.61. The summed E-state index contributed by atoms with van der Waals surface area (Å²) in [6.07, 6.45) is 12.6. The van der Waals surface area contributed by atoms with Crippen molar-refractivity contribution in [2.45, 2.75) is 82.3 Å². The number of rotatable bonds is 7. The second-order valence-electron chi connectivity index (χ2n) is 6.33. The lowest BCUT2D eigenvalue weighted by Gasteiger charge is -2.36. The molecule has 0 amide bonds. The molecule has 0 aromatic carbocycles. The highest BCUT2D eigenvalue weighted by molar-refractivity contribution is 5.79. The maximum atomic E-state index is 12.2. The number of carbonyl (C=O) groups excluding carboxylic acids is 1. The zero-order valence-corrected chi connectivity index (χ0v) is 12.4. The molecule has 0 aromatic rings. The van der Waals surface area contributed by atoms with Gasteiger partial charge in [-0.3, -0.25) is 4.79 Å². The maximum Gasteiger partial charge on any atom is 0.134 e. The van der Waals surface area contributed by atoms with E-state index in [9.17, 15) is 4.79 Å². The predicted molar refractivity (Wildman–Crippen MR) is 77.3 cm³/mol. The van der Waals surface area contributed by atoms with Crippen LogP contribution in [0.3, 0.4) is 0 Å². The first kappa shape index (κ1) is 15.0. The van der Waals surface area contributed by atoms with Crippen LogP contribution in [0.1, 0.15) is 70.6 Å². The largest absolute Gasteiger partial charge is 0.378 e. The Hall–Kier alpha value is -0.410. The molecular formula is C16H29NO2. The van der Waals surface area contributed by atoms with E-state index in [4.69, 9.17) is 4.74 Å². The number of carbonyl (C=O) groups is 1. The van der Waals surface area contributed by atoms with Crippen LogP contribution in [0.5, 0.6) is 0 Å². The van der Waals surface area contributed by atoms with Gasteiger partial charge in [-0.2, -0.15) is 0 Å². The summed E-state index contributed by atoms with van der Waals surface area (Å²) in [5.41, 5.74) is 0.110. The zero-order valence-electron chi connectivity index (χ0n) is 12.4. The summed E-state index contributed by atoms with van der Waals surface area (Å²) in [6.45, 7) is 0.918. The number of ketones is 1. The summed E-state index contributed by atoms with van der Waals surface area (Å²) in [5.74, 6) is 0.439. The van der Waals surface area contributed by atoms with E-state index in [2.05, 4.69) is 5.32 Å². The van der Waals surface area contributed by atoms with Gasteiger partial charge in [0.05, 0.1) is 6.10 Å². The topological polar surface area (TPSA) is 38.3 Å². The molecule has 3 heteroatoms. The van der Waals surface area contributed by atoms with Crippen LogP contribution >= 0.6 is 0 Å². The number of Topliss-reactive ketones (excluding diaryl/α,β-unsaturated/α-hetero) is 1. The van der Waals surface area contributed by atoms with Gasteiger partial charge in [-0.1, -0.05) is 19.3 Å². The molecule has 0 bridgehead atoms. The molecule has 1 aliphatic heterocycles. The molecule has 1 aliphatic carbocycles. The molecule has 110 valence electrons. The lowest BCUT2D eigenvalue weighted by molar-refractivity contribution is -0.121. The lowest BCUT2D eigenvalue weighted by Crippen LogP contribution is -2.46. The summed E-state index contributed by atoms with van der Waals surface area (Å²) >= 11 is 0. The Kier molecular flexibility index (Phi) is 5.83. The van der Waals surface area contributed by atoms with Gasteiger partial charge in [-0.25, -0.2) is 0 Å². The van der Waals surface area contributed by atoms with E-state index < -0.39 is 0 Å². The van der Waals surface area contributed by atoms with Gasteiger partial charge in [0.25, 0.3) is 0 Å². The summed E-state index contributed by atoms with van der Waals surface area (Å²) < 4.78 is 5.60. The Bertz CT molecular complexity index is 278. The molecule has 3 nitrogen and oxygen atoms in total. The first-order chi connectivity index (χ1) is 9.24. The fourth-order valence-electron chi connectivity index (χ4n) is 3.61. The van der Waals surface area contributed by atoms with E-state index in [0.717, 1.165) is 32.3 Å². The van der Waals surface area contributed by atoms with Gasteiger partial charge in [-0.15, -0.1) is 0 Å². The molecule has 1 atom stereocenters. The molecule has 1 saturated heterocycles. The Morgan fingerprint density at radius 2 is 2.05 bits per heavy atom. The molecule has 2 aliphatic rings. The van der Waals surface area contributed by atoms with Crippen molar-refractivity contribution in [1.82, 2.24) is 5.32 Å². The summed E-state index contributed by atoms with van der Waals surface area (Å²) in [6, 6.07) is 0. The molecule has 19 heavy (non-hydrogen) atoms. The van der Waals surface area contributed by atoms with E-state index in [1.807, 2.05) is 7.05 Å². The van der Waals surface area contributed by atoms with Crippen molar-refractivity contribution in [3.63, 3.8) is 0 Å². The molecule has 2 fully saturated rings. The highest BCUT2D eigenvalue weighted by Crippen LogP contribution is 2.31. The highest BCUT2D eigenvalue weighted by Gasteiger charge is 2.32. The Morgan fingerprint density at radius 1 is 1.26 bits per heavy atom. The second kappa shape index (κ2) is 7.39. The highest BCUT2D eigenvalue weighted by atomic mass is 16.5. The molecule has 1 N–H and O–H groups in total. The molecule has 0 aromatic heterocycles. The van der Waals surface area contributed by atoms with Crippen LogP contribution in [0.2, 0.25) is 0 Å². The molecule has 1 saturated carbocycles. The summed E-state index contributed by atoms with van der Waals surface area (Å²) in [5, 5.41) is 3.43. The molecule has 1 unspecified atom stereocenters. The van der Waals surface area contributed by atoms with Crippen LogP contribution < -0.4 is 5.32 Å². The minimum atomic E-state index is 0.110. The second-order valence-corrected chi connectivity index (χ2v) is 6.33. The van der Waals surface area contributed by atoms with Gasteiger partial charge in [-0.05, 0) is 45.6 Å². The minimum Gasteiger partial charge on any atom is -0.378 e. The number of ether oxygens (including phenoxy) is 1. The summed E-state index contributed by atoms with van der Waals surface area (Å²) in [4.78, 5) is 12.2. The van der Waals surface area contributed by atoms with Crippen molar-refractivity contribution in [2.24, 2.45) is 0 Å². The van der Waals surface area contributed by atoms with Gasteiger partial charge in [0.15, 0.2) is 0 Å². The molecular weight excluding hydrogens is 238 g/mol. The van der Waals surface area contributed by atoms with Crippen LogP contribution in [0.4, 0.5) is 0 Å². The van der Waals surface area contributed by atoms with Crippen LogP contribution in [-0.4, -0.2) is 31.1 Å². The SMILES string of the molecule is CNC1(CC(=O)CCCC2CCCO2)CCCCC1. The maximum absolute atomic E-state index is 12.2. The Morgan fingerprint density at radius 3 is 2.68 bits per heavy atom. The quantitative estimate of drug-likeness (QED) is 0.769. The van der Waals surface area contributed by atoms with Gasteiger partial charge < -0.3 is 10.1 Å². The van der Waals surface area contributed by atoms with Gasteiger partial charge >= 0.3 is 0 Å². The normalized spacial score (nSPS) is 26.5. The molecule has 0 radical (unpaired) electrons. The van der Waals surface area contributed by atoms with Crippen molar-refractivity contribution in [3.05, 3.63) is 0 Å². The monoisotopic (exact) mass is 267 g/mol. The van der Waals surface area contributed by atoms with E-state index in [0.29, 0.717) is 11.9 Å². The first-order valence-electron chi connectivity index (χ1n) is 8.06. The fraction of sp³-hybridized carbons (Fsp3) is 0.938. The van der Waals surface area contributed by atoms with Crippen molar-refractivity contribution >= 4 is 5.78 Å². The number of nitrogens with one attached hydrogen (secondary N) is 1. The predicted octanol–water partition coefficient (Wildman–Crippen LogP) is 3.22. The van der Waals surface area contributed by atoms with Crippen molar-refractivity contribution in [1.29, 1.82) is 0 Å². The standard InChI is InChI=1S/C16H29NO2/c1-17-16(10-3-2-4-11-16)13-14(18)7-5-8-15-9-6-12-19-15/h15,17H,2-13H2,1H3. The number of hydrogen-bond acceptors (Lipinski definition) is 3. The van der Waals surface area contributed by atoms with Crippen molar-refractivity contribution in [3.8, 4) is 0 Å². The van der Waals surface area contributed by atoms with Crippen LogP contribution in [0.25, 0.3) is 0 Å². The van der Waals surface area contributed by atoms with E-state index >= 15 is 0 Å². The Labute approximate surface area is 117 Å². The number of hydrogen-bond donors (Lipinski definition) is 1. The Balaban J connectivity index is 1.67. The average Bonchev–Trinajstić information content (AvgIpc) is 2.93. The smallest absolute Gasteiger partial charge is 0.134 e. The molecule has 2 rings (SSSR count). The lowest BCUT2D eigenvalue weighted by atomic mass is 9.78.